The first-order chi connectivity index (χ1) is 9.22. The van der Waals surface area contributed by atoms with Crippen molar-refractivity contribution in [3.63, 3.8) is 0 Å². The van der Waals surface area contributed by atoms with Crippen molar-refractivity contribution in [2.24, 2.45) is 0 Å². The quantitative estimate of drug-likeness (QED) is 0.824. The minimum absolute atomic E-state index is 0.295. The molecule has 0 N–H and O–H groups in total. The average Bonchev–Trinajstić information content (AvgIpc) is 2.83. The Morgan fingerprint density at radius 2 is 2.11 bits per heavy atom. The third-order valence-corrected chi connectivity index (χ3v) is 2.42. The third kappa shape index (κ3) is 3.26. The lowest BCUT2D eigenvalue weighted by Crippen LogP contribution is -2.00. The molecule has 1 heterocycles. The van der Waals surface area contributed by atoms with Crippen LogP contribution in [0.4, 0.5) is 0 Å². The standard InChI is InChI=1S/C14H14N2O3/c1-3-17-14-7-11(8-15)4-5-13(14)18-9-12-6-10(2)19-16-12/h4-7H,3,9H2,1-2H3. The summed E-state index contributed by atoms with van der Waals surface area (Å²) in [7, 11) is 0. The average molecular weight is 258 g/mol. The summed E-state index contributed by atoms with van der Waals surface area (Å²) >= 11 is 0. The van der Waals surface area contributed by atoms with E-state index < -0.39 is 0 Å². The number of nitriles is 1. The van der Waals surface area contributed by atoms with Crippen LogP contribution in [0.5, 0.6) is 11.5 Å². The lowest BCUT2D eigenvalue weighted by atomic mass is 10.2. The Morgan fingerprint density at radius 3 is 2.74 bits per heavy atom. The highest BCUT2D eigenvalue weighted by Crippen LogP contribution is 2.29. The predicted molar refractivity (Wildman–Crippen MR) is 67.9 cm³/mol. The summed E-state index contributed by atoms with van der Waals surface area (Å²) in [5, 5.41) is 12.7. The van der Waals surface area contributed by atoms with Crippen LogP contribution in [0.15, 0.2) is 28.8 Å². The predicted octanol–water partition coefficient (Wildman–Crippen LogP) is 2.83. The van der Waals surface area contributed by atoms with Gasteiger partial charge in [-0.25, -0.2) is 0 Å². The summed E-state index contributed by atoms with van der Waals surface area (Å²) in [5.74, 6) is 1.88. The van der Waals surface area contributed by atoms with Crippen molar-refractivity contribution >= 4 is 0 Å². The van der Waals surface area contributed by atoms with Gasteiger partial charge in [0.15, 0.2) is 11.5 Å². The SMILES string of the molecule is CCOc1cc(C#N)ccc1OCc1cc(C)on1. The maximum absolute atomic E-state index is 8.86. The fraction of sp³-hybridized carbons (Fsp3) is 0.286. The van der Waals surface area contributed by atoms with Gasteiger partial charge in [0.05, 0.1) is 18.2 Å². The molecule has 0 saturated carbocycles. The minimum Gasteiger partial charge on any atom is -0.490 e. The number of benzene rings is 1. The highest BCUT2D eigenvalue weighted by Gasteiger charge is 2.08. The minimum atomic E-state index is 0.295. The molecule has 0 bridgehead atoms. The van der Waals surface area contributed by atoms with Crippen molar-refractivity contribution in [3.8, 4) is 17.6 Å². The number of nitrogens with zero attached hydrogens (tertiary/aromatic N) is 2. The highest BCUT2D eigenvalue weighted by molar-refractivity contribution is 5.46. The van der Waals surface area contributed by atoms with Gasteiger partial charge in [0.2, 0.25) is 0 Å². The zero-order chi connectivity index (χ0) is 13.7. The van der Waals surface area contributed by atoms with Crippen LogP contribution in [-0.4, -0.2) is 11.8 Å². The highest BCUT2D eigenvalue weighted by atomic mass is 16.5. The molecule has 0 unspecified atom stereocenters. The molecule has 0 aliphatic carbocycles. The summed E-state index contributed by atoms with van der Waals surface area (Å²) in [6.45, 7) is 4.51. The summed E-state index contributed by atoms with van der Waals surface area (Å²) < 4.78 is 16.0. The largest absolute Gasteiger partial charge is 0.490 e. The van der Waals surface area contributed by atoms with Crippen molar-refractivity contribution < 1.29 is 14.0 Å². The summed E-state index contributed by atoms with van der Waals surface area (Å²) in [4.78, 5) is 0. The molecule has 19 heavy (non-hydrogen) atoms. The molecule has 0 fully saturated rings. The van der Waals surface area contributed by atoms with E-state index in [4.69, 9.17) is 19.3 Å². The zero-order valence-electron chi connectivity index (χ0n) is 10.8. The van der Waals surface area contributed by atoms with Crippen LogP contribution in [0.25, 0.3) is 0 Å². The van der Waals surface area contributed by atoms with Crippen LogP contribution in [0, 0.1) is 18.3 Å². The Morgan fingerprint density at radius 1 is 1.26 bits per heavy atom. The molecule has 5 nitrogen and oxygen atoms in total. The number of hydrogen-bond acceptors (Lipinski definition) is 5. The van der Waals surface area contributed by atoms with E-state index in [1.54, 1.807) is 18.2 Å². The van der Waals surface area contributed by atoms with E-state index in [-0.39, 0.29) is 0 Å². The summed E-state index contributed by atoms with van der Waals surface area (Å²) in [5.41, 5.74) is 1.25. The fourth-order valence-electron chi connectivity index (χ4n) is 1.60. The Bertz CT molecular complexity index is 599. The smallest absolute Gasteiger partial charge is 0.162 e. The van der Waals surface area contributed by atoms with Crippen LogP contribution in [0.2, 0.25) is 0 Å². The molecule has 98 valence electrons. The molecule has 0 saturated heterocycles. The van der Waals surface area contributed by atoms with E-state index >= 15 is 0 Å². The number of aromatic nitrogens is 1. The molecule has 0 atom stereocenters. The van der Waals surface area contributed by atoms with Crippen molar-refractivity contribution in [2.75, 3.05) is 6.61 Å². The second-order valence-corrected chi connectivity index (χ2v) is 3.92. The van der Waals surface area contributed by atoms with Crippen molar-refractivity contribution in [2.45, 2.75) is 20.5 Å². The van der Waals surface area contributed by atoms with E-state index in [0.29, 0.717) is 36.0 Å². The Labute approximate surface area is 111 Å². The van der Waals surface area contributed by atoms with Gasteiger partial charge in [-0.3, -0.25) is 0 Å². The van der Waals surface area contributed by atoms with Crippen LogP contribution >= 0.6 is 0 Å². The fourth-order valence-corrected chi connectivity index (χ4v) is 1.60. The number of aryl methyl sites for hydroxylation is 1. The lowest BCUT2D eigenvalue weighted by molar-refractivity contribution is 0.260. The molecule has 1 aromatic carbocycles. The van der Waals surface area contributed by atoms with Gasteiger partial charge in [0, 0.05) is 12.1 Å². The van der Waals surface area contributed by atoms with E-state index in [9.17, 15) is 0 Å². The third-order valence-electron chi connectivity index (χ3n) is 2.42. The Hall–Kier alpha value is -2.48. The first kappa shape index (κ1) is 13.0. The van der Waals surface area contributed by atoms with Gasteiger partial charge in [-0.05, 0) is 26.0 Å². The van der Waals surface area contributed by atoms with Crippen LogP contribution in [-0.2, 0) is 6.61 Å². The number of ether oxygens (including phenoxy) is 2. The summed E-state index contributed by atoms with van der Waals surface area (Å²) in [6.07, 6.45) is 0. The monoisotopic (exact) mass is 258 g/mol. The van der Waals surface area contributed by atoms with E-state index in [2.05, 4.69) is 11.2 Å². The van der Waals surface area contributed by atoms with Gasteiger partial charge in [-0.1, -0.05) is 5.16 Å². The molecule has 1 aromatic heterocycles. The second-order valence-electron chi connectivity index (χ2n) is 3.92. The molecular formula is C14H14N2O3. The van der Waals surface area contributed by atoms with Gasteiger partial charge in [-0.2, -0.15) is 5.26 Å². The van der Waals surface area contributed by atoms with Gasteiger partial charge >= 0.3 is 0 Å². The van der Waals surface area contributed by atoms with Gasteiger partial charge < -0.3 is 14.0 Å². The number of hydrogen-bond donors (Lipinski definition) is 0. The zero-order valence-corrected chi connectivity index (χ0v) is 10.8. The van der Waals surface area contributed by atoms with Crippen molar-refractivity contribution in [1.29, 1.82) is 5.26 Å². The molecule has 5 heteroatoms. The van der Waals surface area contributed by atoms with E-state index in [1.807, 2.05) is 19.9 Å². The normalized spacial score (nSPS) is 9.95. The molecule has 2 rings (SSSR count). The van der Waals surface area contributed by atoms with E-state index in [0.717, 1.165) is 5.76 Å². The molecule has 0 aliphatic heterocycles. The van der Waals surface area contributed by atoms with Crippen LogP contribution in [0.1, 0.15) is 23.9 Å². The maximum atomic E-state index is 8.86. The van der Waals surface area contributed by atoms with Crippen molar-refractivity contribution in [3.05, 3.63) is 41.3 Å². The Kier molecular flexibility index (Phi) is 4.04. The first-order valence-electron chi connectivity index (χ1n) is 5.95. The molecule has 2 aromatic rings. The van der Waals surface area contributed by atoms with Crippen molar-refractivity contribution in [1.82, 2.24) is 5.16 Å². The summed E-state index contributed by atoms with van der Waals surface area (Å²) in [6, 6.07) is 8.94. The molecule has 0 spiro atoms. The van der Waals surface area contributed by atoms with E-state index in [1.165, 1.54) is 0 Å². The molecule has 0 aliphatic rings. The lowest BCUT2D eigenvalue weighted by Gasteiger charge is -2.10. The van der Waals surface area contributed by atoms with Crippen LogP contribution < -0.4 is 9.47 Å². The second kappa shape index (κ2) is 5.91. The first-order valence-corrected chi connectivity index (χ1v) is 5.95. The Balaban J connectivity index is 2.12. The molecular weight excluding hydrogens is 244 g/mol. The van der Waals surface area contributed by atoms with Gasteiger partial charge in [-0.15, -0.1) is 0 Å². The number of rotatable bonds is 5. The molecule has 0 radical (unpaired) electrons. The van der Waals surface area contributed by atoms with Gasteiger partial charge in [0.25, 0.3) is 0 Å². The van der Waals surface area contributed by atoms with Gasteiger partial charge in [0.1, 0.15) is 18.1 Å². The molecule has 0 amide bonds. The topological polar surface area (TPSA) is 68.3 Å². The maximum Gasteiger partial charge on any atom is 0.162 e. The van der Waals surface area contributed by atoms with Crippen LogP contribution in [0.3, 0.4) is 0 Å².